The Bertz CT molecular complexity index is 1050. The van der Waals surface area contributed by atoms with Crippen molar-refractivity contribution < 1.29 is 44.4 Å². The minimum atomic E-state index is -6.12. The Kier molecular flexibility index (Phi) is 7.87. The zero-order valence-corrected chi connectivity index (χ0v) is 17.9. The lowest BCUT2D eigenvalue weighted by Gasteiger charge is -2.23. The fraction of sp³-hybridized carbons (Fsp3) is 0.450. The van der Waals surface area contributed by atoms with Crippen molar-refractivity contribution in [3.8, 4) is 5.75 Å². The number of ether oxygens (including phenoxy) is 2. The van der Waals surface area contributed by atoms with Crippen LogP contribution in [-0.4, -0.2) is 33.1 Å². The maximum atomic E-state index is 15.1. The predicted octanol–water partition coefficient (Wildman–Crippen LogP) is 4.94. The van der Waals surface area contributed by atoms with Gasteiger partial charge in [-0.2, -0.15) is 21.6 Å². The molecule has 0 N–H and O–H groups in total. The van der Waals surface area contributed by atoms with Crippen molar-refractivity contribution in [1.82, 2.24) is 0 Å². The van der Waals surface area contributed by atoms with E-state index in [4.69, 9.17) is 9.47 Å². The van der Waals surface area contributed by atoms with Gasteiger partial charge in [0.15, 0.2) is 11.9 Å². The summed E-state index contributed by atoms with van der Waals surface area (Å²) in [7, 11) is -6.12. The Morgan fingerprint density at radius 2 is 1.74 bits per heavy atom. The highest BCUT2D eigenvalue weighted by atomic mass is 32.2. The van der Waals surface area contributed by atoms with Gasteiger partial charge >= 0.3 is 21.6 Å². The summed E-state index contributed by atoms with van der Waals surface area (Å²) in [5.74, 6) is -2.69. The standard InChI is InChI=1S/C20H22F4O6S/c1-4-6-11-29-18(19(25)28-5-2)15-12(3)16(21)13-9-7-8-10-14(13)17(15)30-31(26,27)20(22,23)24/h7-10,18H,4-6,11H2,1-3H3/t18-/m0/s1. The number of esters is 1. The van der Waals surface area contributed by atoms with Crippen LogP contribution in [0.1, 0.15) is 43.9 Å². The third-order valence-electron chi connectivity index (χ3n) is 4.41. The van der Waals surface area contributed by atoms with Crippen LogP contribution >= 0.6 is 0 Å². The monoisotopic (exact) mass is 466 g/mol. The van der Waals surface area contributed by atoms with Gasteiger partial charge in [-0.15, -0.1) is 0 Å². The van der Waals surface area contributed by atoms with Gasteiger partial charge in [0.1, 0.15) is 5.82 Å². The number of benzene rings is 2. The molecule has 0 aliphatic carbocycles. The minimum absolute atomic E-state index is 0.000667. The van der Waals surface area contributed by atoms with Gasteiger partial charge < -0.3 is 13.7 Å². The lowest BCUT2D eigenvalue weighted by atomic mass is 9.95. The van der Waals surface area contributed by atoms with Gasteiger partial charge in [-0.05, 0) is 25.8 Å². The van der Waals surface area contributed by atoms with Gasteiger partial charge in [-0.25, -0.2) is 9.18 Å². The van der Waals surface area contributed by atoms with E-state index in [9.17, 15) is 26.4 Å². The number of carbonyl (C=O) groups is 1. The fourth-order valence-corrected chi connectivity index (χ4v) is 3.40. The first-order chi connectivity index (χ1) is 14.5. The van der Waals surface area contributed by atoms with Gasteiger partial charge in [0, 0.05) is 22.9 Å². The van der Waals surface area contributed by atoms with E-state index >= 15 is 4.39 Å². The Balaban J connectivity index is 2.83. The van der Waals surface area contributed by atoms with E-state index in [0.717, 1.165) is 0 Å². The molecule has 1 atom stereocenters. The number of halogens is 4. The molecule has 0 bridgehead atoms. The first kappa shape index (κ1) is 24.9. The zero-order valence-electron chi connectivity index (χ0n) is 17.1. The molecule has 0 aromatic heterocycles. The van der Waals surface area contributed by atoms with E-state index in [2.05, 4.69) is 4.18 Å². The summed E-state index contributed by atoms with van der Waals surface area (Å²) in [5, 5.41) is -0.436. The minimum Gasteiger partial charge on any atom is -0.464 e. The molecule has 0 unspecified atom stereocenters. The quantitative estimate of drug-likeness (QED) is 0.171. The van der Waals surface area contributed by atoms with Gasteiger partial charge in [0.25, 0.3) is 0 Å². The molecule has 0 saturated carbocycles. The molecule has 0 aliphatic heterocycles. The summed E-state index contributed by atoms with van der Waals surface area (Å²) in [5.41, 5.74) is -6.50. The Labute approximate surface area is 177 Å². The number of hydrogen-bond donors (Lipinski definition) is 0. The van der Waals surface area contributed by atoms with Crippen LogP contribution in [0.5, 0.6) is 5.75 Å². The molecule has 11 heteroatoms. The Hall–Kier alpha value is -2.40. The highest BCUT2D eigenvalue weighted by Crippen LogP contribution is 2.42. The third-order valence-corrected chi connectivity index (χ3v) is 5.36. The van der Waals surface area contributed by atoms with Crippen LogP contribution in [-0.2, 0) is 24.4 Å². The largest absolute Gasteiger partial charge is 0.534 e. The molecule has 0 amide bonds. The molecule has 0 radical (unpaired) electrons. The molecular weight excluding hydrogens is 444 g/mol. The average Bonchev–Trinajstić information content (AvgIpc) is 2.69. The maximum Gasteiger partial charge on any atom is 0.534 e. The molecule has 0 fully saturated rings. The molecule has 2 rings (SSSR count). The van der Waals surface area contributed by atoms with Crippen molar-refractivity contribution in [1.29, 1.82) is 0 Å². The molecule has 2 aromatic rings. The maximum absolute atomic E-state index is 15.1. The number of carbonyl (C=O) groups excluding carboxylic acids is 1. The Morgan fingerprint density at radius 1 is 1.13 bits per heavy atom. The highest BCUT2D eigenvalue weighted by Gasteiger charge is 2.49. The van der Waals surface area contributed by atoms with Gasteiger partial charge in [0.2, 0.25) is 0 Å². The first-order valence-electron chi connectivity index (χ1n) is 9.45. The second kappa shape index (κ2) is 9.82. The molecule has 2 aromatic carbocycles. The van der Waals surface area contributed by atoms with Crippen LogP contribution in [0, 0.1) is 12.7 Å². The molecule has 0 aliphatic rings. The molecule has 6 nitrogen and oxygen atoms in total. The van der Waals surface area contributed by atoms with Crippen molar-refractivity contribution in [3.63, 3.8) is 0 Å². The van der Waals surface area contributed by atoms with Crippen LogP contribution in [0.25, 0.3) is 10.8 Å². The highest BCUT2D eigenvalue weighted by molar-refractivity contribution is 7.88. The molecule has 0 spiro atoms. The smallest absolute Gasteiger partial charge is 0.464 e. The Morgan fingerprint density at radius 3 is 2.29 bits per heavy atom. The van der Waals surface area contributed by atoms with Crippen LogP contribution in [0.3, 0.4) is 0 Å². The fourth-order valence-electron chi connectivity index (χ4n) is 2.90. The lowest BCUT2D eigenvalue weighted by molar-refractivity contribution is -0.157. The number of hydrogen-bond acceptors (Lipinski definition) is 6. The molecular formula is C20H22F4O6S. The summed E-state index contributed by atoms with van der Waals surface area (Å²) in [4.78, 5) is 12.6. The summed E-state index contributed by atoms with van der Waals surface area (Å²) in [6.07, 6.45) is -0.530. The van der Waals surface area contributed by atoms with E-state index in [1.807, 2.05) is 6.92 Å². The predicted molar refractivity (Wildman–Crippen MR) is 104 cm³/mol. The third kappa shape index (κ3) is 5.27. The first-order valence-corrected chi connectivity index (χ1v) is 10.9. The SMILES string of the molecule is CCCCO[C@H](C(=O)OCC)c1c(C)c(F)c2ccccc2c1OS(=O)(=O)C(F)(F)F. The number of alkyl halides is 3. The van der Waals surface area contributed by atoms with Crippen LogP contribution in [0.15, 0.2) is 24.3 Å². The second-order valence-corrected chi connectivity index (χ2v) is 8.10. The van der Waals surface area contributed by atoms with Gasteiger partial charge in [-0.1, -0.05) is 37.6 Å². The van der Waals surface area contributed by atoms with E-state index in [0.29, 0.717) is 12.8 Å². The van der Waals surface area contributed by atoms with Crippen molar-refractivity contribution >= 4 is 26.9 Å². The topological polar surface area (TPSA) is 78.9 Å². The van der Waals surface area contributed by atoms with E-state index in [-0.39, 0.29) is 29.5 Å². The van der Waals surface area contributed by atoms with E-state index in [1.54, 1.807) is 0 Å². The summed E-state index contributed by atoms with van der Waals surface area (Å²) in [6, 6.07) is 5.24. The van der Waals surface area contributed by atoms with Crippen molar-refractivity contribution in [3.05, 3.63) is 41.2 Å². The molecule has 0 saturated heterocycles. The normalized spacial score (nSPS) is 13.3. The summed E-state index contributed by atoms with van der Waals surface area (Å²) in [6.45, 7) is 4.45. The van der Waals surface area contributed by atoms with Crippen LogP contribution in [0.2, 0.25) is 0 Å². The van der Waals surface area contributed by atoms with Crippen LogP contribution in [0.4, 0.5) is 17.6 Å². The van der Waals surface area contributed by atoms with Crippen molar-refractivity contribution in [2.45, 2.75) is 45.2 Å². The van der Waals surface area contributed by atoms with Crippen molar-refractivity contribution in [2.24, 2.45) is 0 Å². The van der Waals surface area contributed by atoms with Crippen LogP contribution < -0.4 is 4.18 Å². The molecule has 31 heavy (non-hydrogen) atoms. The van der Waals surface area contributed by atoms with Gasteiger partial charge in [-0.3, -0.25) is 0 Å². The summed E-state index contributed by atoms with van der Waals surface area (Å²) < 4.78 is 92.7. The molecule has 0 heterocycles. The number of rotatable bonds is 9. The van der Waals surface area contributed by atoms with Crippen molar-refractivity contribution in [2.75, 3.05) is 13.2 Å². The number of unbranched alkanes of at least 4 members (excludes halogenated alkanes) is 1. The van der Waals surface area contributed by atoms with E-state index in [1.165, 1.54) is 38.1 Å². The molecule has 172 valence electrons. The van der Waals surface area contributed by atoms with E-state index < -0.39 is 44.8 Å². The summed E-state index contributed by atoms with van der Waals surface area (Å²) >= 11 is 0. The second-order valence-electron chi connectivity index (χ2n) is 6.57. The number of fused-ring (bicyclic) bond motifs is 1. The zero-order chi connectivity index (χ0) is 23.4. The van der Waals surface area contributed by atoms with Gasteiger partial charge in [0.05, 0.1) is 6.61 Å². The lowest BCUT2D eigenvalue weighted by Crippen LogP contribution is -2.29. The average molecular weight is 466 g/mol.